The van der Waals surface area contributed by atoms with E-state index < -0.39 is 0 Å². The number of carbonyl (C=O) groups excluding carboxylic acids is 1. The summed E-state index contributed by atoms with van der Waals surface area (Å²) in [7, 11) is 0. The van der Waals surface area contributed by atoms with Crippen LogP contribution in [-0.2, 0) is 9.53 Å². The van der Waals surface area contributed by atoms with Crippen LogP contribution in [0.1, 0.15) is 34.6 Å². The highest BCUT2D eigenvalue weighted by molar-refractivity contribution is 8.00. The molecule has 16 heavy (non-hydrogen) atoms. The normalized spacial score (nSPS) is 26.9. The van der Waals surface area contributed by atoms with Crippen LogP contribution in [0.4, 0.5) is 0 Å². The molecule has 1 amide bonds. The fourth-order valence-corrected chi connectivity index (χ4v) is 3.08. The third kappa shape index (κ3) is 4.74. The van der Waals surface area contributed by atoms with Crippen LogP contribution in [0, 0.1) is 0 Å². The molecular weight excluding hydrogens is 222 g/mol. The van der Waals surface area contributed by atoms with Crippen LogP contribution in [0.2, 0.25) is 0 Å². The molecule has 0 aromatic carbocycles. The number of nitrogens with zero attached hydrogens (tertiary/aromatic N) is 1. The number of hydrogen-bond acceptors (Lipinski definition) is 3. The van der Waals surface area contributed by atoms with Gasteiger partial charge in [-0.05, 0) is 20.8 Å². The molecule has 1 heterocycles. The molecule has 0 radical (unpaired) electrons. The van der Waals surface area contributed by atoms with E-state index in [1.807, 2.05) is 37.4 Å². The fraction of sp³-hybridized carbons (Fsp3) is 0.917. The Morgan fingerprint density at radius 2 is 1.81 bits per heavy atom. The molecule has 0 aliphatic carbocycles. The molecule has 2 unspecified atom stereocenters. The van der Waals surface area contributed by atoms with E-state index in [1.165, 1.54) is 0 Å². The Morgan fingerprint density at radius 3 is 2.25 bits per heavy atom. The minimum absolute atomic E-state index is 0.119. The van der Waals surface area contributed by atoms with Gasteiger partial charge in [0.15, 0.2) is 0 Å². The number of hydrogen-bond donors (Lipinski definition) is 0. The molecule has 1 aliphatic rings. The van der Waals surface area contributed by atoms with Crippen LogP contribution in [-0.4, -0.2) is 46.6 Å². The first-order valence-corrected chi connectivity index (χ1v) is 6.79. The van der Waals surface area contributed by atoms with Gasteiger partial charge in [-0.3, -0.25) is 4.79 Å². The molecule has 1 saturated heterocycles. The largest absolute Gasteiger partial charge is 0.366 e. The van der Waals surface area contributed by atoms with E-state index in [-0.39, 0.29) is 18.1 Å². The first kappa shape index (κ1) is 13.8. The summed E-state index contributed by atoms with van der Waals surface area (Å²) in [4.78, 5) is 13.9. The van der Waals surface area contributed by atoms with E-state index in [4.69, 9.17) is 4.74 Å². The molecular formula is C12H23NO2S. The summed E-state index contributed by atoms with van der Waals surface area (Å²) in [6.07, 6.45) is 0. The van der Waals surface area contributed by atoms with Crippen LogP contribution in [0.15, 0.2) is 0 Å². The van der Waals surface area contributed by atoms with Crippen LogP contribution in [0.3, 0.4) is 0 Å². The average Bonchev–Trinajstić information content (AvgIpc) is 2.11. The molecule has 2 atom stereocenters. The number of ether oxygens (including phenoxy) is 1. The van der Waals surface area contributed by atoms with Crippen molar-refractivity contribution < 1.29 is 9.53 Å². The Morgan fingerprint density at radius 1 is 1.31 bits per heavy atom. The Labute approximate surface area is 103 Å². The molecule has 1 rings (SSSR count). The maximum Gasteiger partial charge on any atom is 0.248 e. The Kier molecular flexibility index (Phi) is 4.68. The van der Waals surface area contributed by atoms with E-state index >= 15 is 0 Å². The smallest absolute Gasteiger partial charge is 0.248 e. The number of amides is 1. The minimum atomic E-state index is -0.239. The average molecular weight is 245 g/mol. The van der Waals surface area contributed by atoms with Gasteiger partial charge in [-0.25, -0.2) is 0 Å². The lowest BCUT2D eigenvalue weighted by atomic mass is 10.2. The molecule has 3 nitrogen and oxygen atoms in total. The van der Waals surface area contributed by atoms with Gasteiger partial charge in [-0.2, -0.15) is 11.8 Å². The lowest BCUT2D eigenvalue weighted by molar-refractivity contribution is -0.141. The van der Waals surface area contributed by atoms with Crippen molar-refractivity contribution in [3.8, 4) is 0 Å². The number of rotatable bonds is 2. The summed E-state index contributed by atoms with van der Waals surface area (Å²) in [5.41, 5.74) is -0.239. The van der Waals surface area contributed by atoms with Gasteiger partial charge in [0.05, 0.1) is 5.60 Å². The molecule has 0 spiro atoms. The van der Waals surface area contributed by atoms with Crippen LogP contribution >= 0.6 is 11.8 Å². The standard InChI is InChI=1S/C12H23NO2S/c1-9-6-13(7-10(2)16-9)11(14)8-15-12(3,4)5/h9-10H,6-8H2,1-5H3. The van der Waals surface area contributed by atoms with Crippen molar-refractivity contribution >= 4 is 17.7 Å². The van der Waals surface area contributed by atoms with Gasteiger partial charge >= 0.3 is 0 Å². The van der Waals surface area contributed by atoms with Gasteiger partial charge in [0.1, 0.15) is 6.61 Å². The molecule has 94 valence electrons. The second-order valence-corrected chi connectivity index (χ2v) is 7.34. The lowest BCUT2D eigenvalue weighted by Crippen LogP contribution is -2.46. The van der Waals surface area contributed by atoms with Gasteiger partial charge in [-0.1, -0.05) is 13.8 Å². The quantitative estimate of drug-likeness (QED) is 0.746. The minimum Gasteiger partial charge on any atom is -0.366 e. The van der Waals surface area contributed by atoms with Crippen molar-refractivity contribution in [3.05, 3.63) is 0 Å². The first-order chi connectivity index (χ1) is 7.28. The summed E-state index contributed by atoms with van der Waals surface area (Å²) in [5, 5.41) is 1.06. The molecule has 1 fully saturated rings. The third-order valence-electron chi connectivity index (χ3n) is 2.40. The summed E-state index contributed by atoms with van der Waals surface area (Å²) in [6, 6.07) is 0. The molecule has 0 bridgehead atoms. The first-order valence-electron chi connectivity index (χ1n) is 5.85. The molecule has 1 aliphatic heterocycles. The monoisotopic (exact) mass is 245 g/mol. The zero-order valence-electron chi connectivity index (χ0n) is 10.9. The van der Waals surface area contributed by atoms with Crippen molar-refractivity contribution in [1.82, 2.24) is 4.90 Å². The van der Waals surface area contributed by atoms with E-state index in [2.05, 4.69) is 13.8 Å². The predicted octanol–water partition coefficient (Wildman–Crippen LogP) is 2.15. The summed E-state index contributed by atoms with van der Waals surface area (Å²) in [5.74, 6) is 0.119. The molecule has 0 aromatic heterocycles. The van der Waals surface area contributed by atoms with Crippen molar-refractivity contribution in [2.45, 2.75) is 50.7 Å². The lowest BCUT2D eigenvalue weighted by Gasteiger charge is -2.35. The second-order valence-electron chi connectivity index (χ2n) is 5.46. The fourth-order valence-electron chi connectivity index (χ4n) is 1.75. The zero-order chi connectivity index (χ0) is 12.3. The van der Waals surface area contributed by atoms with Gasteiger partial charge in [0.25, 0.3) is 0 Å². The van der Waals surface area contributed by atoms with Crippen LogP contribution in [0.5, 0.6) is 0 Å². The predicted molar refractivity (Wildman–Crippen MR) is 68.8 cm³/mol. The summed E-state index contributed by atoms with van der Waals surface area (Å²) in [6.45, 7) is 12.2. The van der Waals surface area contributed by atoms with Crippen molar-refractivity contribution in [1.29, 1.82) is 0 Å². The second kappa shape index (κ2) is 5.41. The highest BCUT2D eigenvalue weighted by Crippen LogP contribution is 2.24. The Hall–Kier alpha value is -0.220. The van der Waals surface area contributed by atoms with Crippen molar-refractivity contribution in [2.75, 3.05) is 19.7 Å². The van der Waals surface area contributed by atoms with Crippen LogP contribution < -0.4 is 0 Å². The van der Waals surface area contributed by atoms with E-state index in [9.17, 15) is 4.79 Å². The molecule has 0 aromatic rings. The van der Waals surface area contributed by atoms with Gasteiger partial charge < -0.3 is 9.64 Å². The Bertz CT molecular complexity index is 240. The van der Waals surface area contributed by atoms with Gasteiger partial charge in [0.2, 0.25) is 5.91 Å². The SMILES string of the molecule is CC1CN(C(=O)COC(C)(C)C)CC(C)S1. The van der Waals surface area contributed by atoms with E-state index in [1.54, 1.807) is 0 Å². The zero-order valence-corrected chi connectivity index (χ0v) is 11.8. The Balaban J connectivity index is 2.41. The maximum absolute atomic E-state index is 11.9. The number of thioether (sulfide) groups is 1. The van der Waals surface area contributed by atoms with E-state index in [0.29, 0.717) is 10.5 Å². The van der Waals surface area contributed by atoms with Gasteiger partial charge in [-0.15, -0.1) is 0 Å². The third-order valence-corrected chi connectivity index (χ3v) is 3.63. The van der Waals surface area contributed by atoms with E-state index in [0.717, 1.165) is 13.1 Å². The molecule has 0 N–H and O–H groups in total. The maximum atomic E-state index is 11.9. The molecule has 4 heteroatoms. The summed E-state index contributed by atoms with van der Waals surface area (Å²) < 4.78 is 5.52. The highest BCUT2D eigenvalue weighted by Gasteiger charge is 2.26. The van der Waals surface area contributed by atoms with Crippen molar-refractivity contribution in [3.63, 3.8) is 0 Å². The number of carbonyl (C=O) groups is 1. The summed E-state index contributed by atoms with van der Waals surface area (Å²) >= 11 is 1.95. The molecule has 0 saturated carbocycles. The topological polar surface area (TPSA) is 29.5 Å². The van der Waals surface area contributed by atoms with Gasteiger partial charge in [0, 0.05) is 23.6 Å². The van der Waals surface area contributed by atoms with Crippen molar-refractivity contribution in [2.24, 2.45) is 0 Å². The van der Waals surface area contributed by atoms with Crippen LogP contribution in [0.25, 0.3) is 0 Å². The highest BCUT2D eigenvalue weighted by atomic mass is 32.2.